The lowest BCUT2D eigenvalue weighted by molar-refractivity contribution is -0.132. The zero-order chi connectivity index (χ0) is 21.8. The van der Waals surface area contributed by atoms with Gasteiger partial charge in [-0.3, -0.25) is 9.59 Å². The van der Waals surface area contributed by atoms with Crippen LogP contribution in [0.5, 0.6) is 5.75 Å². The highest BCUT2D eigenvalue weighted by molar-refractivity contribution is 6.32. The van der Waals surface area contributed by atoms with Crippen LogP contribution in [0, 0.1) is 6.92 Å². The standard InChI is InChI=1S/C22H22ClN5O3/c1-15-21(25-26-28(15)19-10-3-2-9-18(19)23)22(30)24-16-7-6-8-17(13-16)31-14-20(29)27-11-4-5-12-27/h2-3,6-10,13H,4-5,11-12,14H2,1H3,(H,24,30). The average Bonchev–Trinajstić information content (AvgIpc) is 3.43. The molecule has 0 radical (unpaired) electrons. The lowest BCUT2D eigenvalue weighted by atomic mass is 10.2. The first-order chi connectivity index (χ1) is 15.0. The lowest BCUT2D eigenvalue weighted by Crippen LogP contribution is -2.32. The van der Waals surface area contributed by atoms with Crippen LogP contribution in [0.1, 0.15) is 29.0 Å². The summed E-state index contributed by atoms with van der Waals surface area (Å²) in [4.78, 5) is 26.7. The molecule has 31 heavy (non-hydrogen) atoms. The number of nitrogens with zero attached hydrogens (tertiary/aromatic N) is 4. The van der Waals surface area contributed by atoms with E-state index in [-0.39, 0.29) is 18.2 Å². The van der Waals surface area contributed by atoms with Gasteiger partial charge in [0.2, 0.25) is 0 Å². The van der Waals surface area contributed by atoms with Gasteiger partial charge in [-0.1, -0.05) is 35.0 Å². The molecule has 3 aromatic rings. The van der Waals surface area contributed by atoms with Crippen molar-refractivity contribution in [2.45, 2.75) is 19.8 Å². The summed E-state index contributed by atoms with van der Waals surface area (Å²) >= 11 is 6.23. The number of ether oxygens (including phenoxy) is 1. The van der Waals surface area contributed by atoms with E-state index in [0.717, 1.165) is 25.9 Å². The molecule has 0 spiro atoms. The van der Waals surface area contributed by atoms with Crippen molar-refractivity contribution in [3.8, 4) is 11.4 Å². The molecule has 1 fully saturated rings. The van der Waals surface area contributed by atoms with Gasteiger partial charge < -0.3 is 15.0 Å². The number of benzene rings is 2. The maximum Gasteiger partial charge on any atom is 0.278 e. The van der Waals surface area contributed by atoms with Gasteiger partial charge in [0.15, 0.2) is 12.3 Å². The second kappa shape index (κ2) is 9.18. The number of amides is 2. The highest BCUT2D eigenvalue weighted by Crippen LogP contribution is 2.22. The van der Waals surface area contributed by atoms with Crippen molar-refractivity contribution in [3.63, 3.8) is 0 Å². The van der Waals surface area contributed by atoms with E-state index in [1.54, 1.807) is 48.2 Å². The number of halogens is 1. The van der Waals surface area contributed by atoms with Gasteiger partial charge in [-0.2, -0.15) is 0 Å². The third-order valence-electron chi connectivity index (χ3n) is 5.10. The second-order valence-corrected chi connectivity index (χ2v) is 7.65. The van der Waals surface area contributed by atoms with Crippen LogP contribution in [-0.4, -0.2) is 51.4 Å². The highest BCUT2D eigenvalue weighted by Gasteiger charge is 2.20. The lowest BCUT2D eigenvalue weighted by Gasteiger charge is -2.15. The van der Waals surface area contributed by atoms with Gasteiger partial charge in [0, 0.05) is 24.8 Å². The maximum atomic E-state index is 12.8. The molecule has 2 aromatic carbocycles. The Morgan fingerprint density at radius 3 is 2.68 bits per heavy atom. The SMILES string of the molecule is Cc1c(C(=O)Nc2cccc(OCC(=O)N3CCCC3)c2)nnn1-c1ccccc1Cl. The molecular weight excluding hydrogens is 418 g/mol. The molecule has 9 heteroatoms. The van der Waals surface area contributed by atoms with Crippen molar-refractivity contribution in [3.05, 3.63) is 64.9 Å². The van der Waals surface area contributed by atoms with Crippen LogP contribution in [0.15, 0.2) is 48.5 Å². The fourth-order valence-corrected chi connectivity index (χ4v) is 3.66. The maximum absolute atomic E-state index is 12.8. The fourth-order valence-electron chi connectivity index (χ4n) is 3.45. The summed E-state index contributed by atoms with van der Waals surface area (Å²) in [6.07, 6.45) is 2.07. The van der Waals surface area contributed by atoms with Crippen LogP contribution in [0.4, 0.5) is 5.69 Å². The molecule has 0 unspecified atom stereocenters. The van der Waals surface area contributed by atoms with Gasteiger partial charge in [0.05, 0.1) is 16.4 Å². The summed E-state index contributed by atoms with van der Waals surface area (Å²) in [5.41, 5.74) is 1.93. The number of anilines is 1. The van der Waals surface area contributed by atoms with Gasteiger partial charge >= 0.3 is 0 Å². The Kier molecular flexibility index (Phi) is 6.18. The van der Waals surface area contributed by atoms with Gasteiger partial charge in [0.1, 0.15) is 5.75 Å². The van der Waals surface area contributed by atoms with Crippen LogP contribution >= 0.6 is 11.6 Å². The Hall–Kier alpha value is -3.39. The van der Waals surface area contributed by atoms with E-state index in [1.165, 1.54) is 4.68 Å². The van der Waals surface area contributed by atoms with Crippen LogP contribution in [-0.2, 0) is 4.79 Å². The molecule has 2 amide bonds. The van der Waals surface area contributed by atoms with Crippen molar-refractivity contribution >= 4 is 29.1 Å². The molecule has 1 N–H and O–H groups in total. The van der Waals surface area contributed by atoms with E-state index in [9.17, 15) is 9.59 Å². The number of likely N-dealkylation sites (tertiary alicyclic amines) is 1. The Labute approximate surface area is 184 Å². The van der Waals surface area contributed by atoms with Gasteiger partial charge in [-0.25, -0.2) is 4.68 Å². The largest absolute Gasteiger partial charge is 0.484 e. The molecule has 2 heterocycles. The van der Waals surface area contributed by atoms with Crippen molar-refractivity contribution in [2.75, 3.05) is 25.0 Å². The predicted octanol–water partition coefficient (Wildman–Crippen LogP) is 3.48. The van der Waals surface area contributed by atoms with E-state index < -0.39 is 5.91 Å². The van der Waals surface area contributed by atoms with Gasteiger partial charge in [-0.15, -0.1) is 5.10 Å². The minimum atomic E-state index is -0.402. The fraction of sp³-hybridized carbons (Fsp3) is 0.273. The van der Waals surface area contributed by atoms with E-state index in [4.69, 9.17) is 16.3 Å². The van der Waals surface area contributed by atoms with Gasteiger partial charge in [0.25, 0.3) is 11.8 Å². The molecule has 0 bridgehead atoms. The summed E-state index contributed by atoms with van der Waals surface area (Å²) in [6.45, 7) is 3.30. The Bertz CT molecular complexity index is 1110. The van der Waals surface area contributed by atoms with Crippen LogP contribution < -0.4 is 10.1 Å². The zero-order valence-electron chi connectivity index (χ0n) is 17.0. The zero-order valence-corrected chi connectivity index (χ0v) is 17.8. The molecule has 8 nitrogen and oxygen atoms in total. The normalized spacial score (nSPS) is 13.3. The number of carbonyl (C=O) groups is 2. The highest BCUT2D eigenvalue weighted by atomic mass is 35.5. The number of para-hydroxylation sites is 1. The molecule has 4 rings (SSSR count). The molecule has 0 aliphatic carbocycles. The van der Waals surface area contributed by atoms with Crippen LogP contribution in [0.25, 0.3) is 5.69 Å². The first kappa shape index (κ1) is 20.9. The predicted molar refractivity (Wildman–Crippen MR) is 117 cm³/mol. The Morgan fingerprint density at radius 1 is 1.13 bits per heavy atom. The van der Waals surface area contributed by atoms with E-state index in [2.05, 4.69) is 15.6 Å². The van der Waals surface area contributed by atoms with Crippen molar-refractivity contribution < 1.29 is 14.3 Å². The smallest absolute Gasteiger partial charge is 0.278 e. The second-order valence-electron chi connectivity index (χ2n) is 7.25. The first-order valence-corrected chi connectivity index (χ1v) is 10.4. The van der Waals surface area contributed by atoms with Crippen LogP contribution in [0.3, 0.4) is 0 Å². The van der Waals surface area contributed by atoms with Crippen molar-refractivity contribution in [2.24, 2.45) is 0 Å². The summed E-state index contributed by atoms with van der Waals surface area (Å²) in [6, 6.07) is 14.1. The molecule has 0 atom stereocenters. The number of carbonyl (C=O) groups excluding carboxylic acids is 2. The van der Waals surface area contributed by atoms with Crippen molar-refractivity contribution in [1.29, 1.82) is 0 Å². The third kappa shape index (κ3) is 4.69. The summed E-state index contributed by atoms with van der Waals surface area (Å²) in [7, 11) is 0. The molecule has 160 valence electrons. The number of hydrogen-bond donors (Lipinski definition) is 1. The molecule has 1 aliphatic rings. The topological polar surface area (TPSA) is 89.3 Å². The number of aromatic nitrogens is 3. The molecule has 1 aliphatic heterocycles. The van der Waals surface area contributed by atoms with E-state index in [1.807, 2.05) is 12.1 Å². The molecule has 1 saturated heterocycles. The summed E-state index contributed by atoms with van der Waals surface area (Å²) in [5.74, 6) is 0.0710. The Morgan fingerprint density at radius 2 is 1.90 bits per heavy atom. The van der Waals surface area contributed by atoms with Gasteiger partial charge in [-0.05, 0) is 44.0 Å². The molecule has 1 aromatic heterocycles. The third-order valence-corrected chi connectivity index (χ3v) is 5.42. The quantitative estimate of drug-likeness (QED) is 0.635. The number of nitrogens with one attached hydrogen (secondary N) is 1. The molecule has 0 saturated carbocycles. The summed E-state index contributed by atoms with van der Waals surface area (Å²) in [5, 5.41) is 11.4. The number of rotatable bonds is 6. The minimum Gasteiger partial charge on any atom is -0.484 e. The van der Waals surface area contributed by atoms with E-state index >= 15 is 0 Å². The average molecular weight is 440 g/mol. The van der Waals surface area contributed by atoms with Crippen molar-refractivity contribution in [1.82, 2.24) is 19.9 Å². The monoisotopic (exact) mass is 439 g/mol. The first-order valence-electron chi connectivity index (χ1n) is 10.0. The molecular formula is C22H22ClN5O3. The van der Waals surface area contributed by atoms with Crippen LogP contribution in [0.2, 0.25) is 5.02 Å². The Balaban J connectivity index is 1.43. The summed E-state index contributed by atoms with van der Waals surface area (Å²) < 4.78 is 7.15. The van der Waals surface area contributed by atoms with E-state index in [0.29, 0.717) is 27.8 Å². The number of hydrogen-bond acceptors (Lipinski definition) is 5. The minimum absolute atomic E-state index is 0.0251.